The largest absolute Gasteiger partial charge is 0.369 e. The second-order valence-corrected chi connectivity index (χ2v) is 5.59. The van der Waals surface area contributed by atoms with Crippen molar-refractivity contribution in [2.75, 3.05) is 24.2 Å². The first kappa shape index (κ1) is 15.1. The van der Waals surface area contributed by atoms with Crippen molar-refractivity contribution in [2.45, 2.75) is 38.4 Å². The number of nitrogens with one attached hydrogen (secondary N) is 1. The number of thioether (sulfide) groups is 1. The maximum atomic E-state index is 5.62. The monoisotopic (exact) mass is 294 g/mol. The fourth-order valence-corrected chi connectivity index (χ4v) is 2.55. The van der Waals surface area contributed by atoms with Crippen LogP contribution in [0.25, 0.3) is 11.0 Å². The molecular formula is C13H22N6S. The van der Waals surface area contributed by atoms with Crippen molar-refractivity contribution in [1.29, 1.82) is 0 Å². The number of nitrogens with two attached hydrogens (primary N) is 1. The lowest BCUT2D eigenvalue weighted by atomic mass is 10.3. The highest BCUT2D eigenvalue weighted by molar-refractivity contribution is 7.99. The number of fused-ring (bicyclic) bond motifs is 1. The molecule has 2 aromatic heterocycles. The molecule has 0 aromatic carbocycles. The van der Waals surface area contributed by atoms with Gasteiger partial charge in [0, 0.05) is 18.8 Å². The van der Waals surface area contributed by atoms with E-state index in [0.29, 0.717) is 13.1 Å². The third-order valence-corrected chi connectivity index (χ3v) is 3.85. The molecule has 0 bridgehead atoms. The van der Waals surface area contributed by atoms with Gasteiger partial charge in [0.05, 0.1) is 18.1 Å². The average molecular weight is 294 g/mol. The zero-order chi connectivity index (χ0) is 14.4. The van der Waals surface area contributed by atoms with Gasteiger partial charge in [-0.25, -0.2) is 14.6 Å². The van der Waals surface area contributed by atoms with E-state index in [2.05, 4.69) is 34.2 Å². The van der Waals surface area contributed by atoms with Crippen molar-refractivity contribution in [2.24, 2.45) is 5.73 Å². The predicted molar refractivity (Wildman–Crippen MR) is 84.2 cm³/mol. The number of aromatic nitrogens is 4. The molecule has 110 valence electrons. The van der Waals surface area contributed by atoms with Crippen molar-refractivity contribution in [3.8, 4) is 0 Å². The Balaban J connectivity index is 2.39. The van der Waals surface area contributed by atoms with Crippen LogP contribution in [0.2, 0.25) is 0 Å². The molecule has 0 atom stereocenters. The van der Waals surface area contributed by atoms with E-state index in [0.717, 1.165) is 47.1 Å². The van der Waals surface area contributed by atoms with E-state index in [-0.39, 0.29) is 0 Å². The molecule has 7 heteroatoms. The molecule has 3 N–H and O–H groups in total. The van der Waals surface area contributed by atoms with Crippen molar-refractivity contribution >= 4 is 28.6 Å². The summed E-state index contributed by atoms with van der Waals surface area (Å²) in [6.45, 7) is 6.41. The zero-order valence-corrected chi connectivity index (χ0v) is 12.9. The van der Waals surface area contributed by atoms with Crippen molar-refractivity contribution in [3.05, 3.63) is 6.20 Å². The molecule has 0 aliphatic carbocycles. The second-order valence-electron chi connectivity index (χ2n) is 4.52. The van der Waals surface area contributed by atoms with Gasteiger partial charge in [0.15, 0.2) is 10.8 Å². The lowest BCUT2D eigenvalue weighted by Crippen LogP contribution is -2.12. The number of rotatable bonds is 8. The van der Waals surface area contributed by atoms with Crippen LogP contribution in [0.4, 0.5) is 5.82 Å². The predicted octanol–water partition coefficient (Wildman–Crippen LogP) is 2.11. The Hall–Kier alpha value is -1.34. The van der Waals surface area contributed by atoms with Gasteiger partial charge in [-0.2, -0.15) is 5.10 Å². The lowest BCUT2D eigenvalue weighted by molar-refractivity contribution is 0.637. The summed E-state index contributed by atoms with van der Waals surface area (Å²) in [6, 6.07) is 0. The van der Waals surface area contributed by atoms with Crippen LogP contribution in [0, 0.1) is 0 Å². The second kappa shape index (κ2) is 7.44. The minimum atomic E-state index is 0.552. The Kier molecular flexibility index (Phi) is 5.60. The minimum absolute atomic E-state index is 0.552. The standard InChI is InChI=1S/C13H22N6S/c1-3-6-15-11-10-9-16-19(7-5-14)12(10)18-13(17-11)20-8-4-2/h9H,3-8,14H2,1-2H3,(H,15,17,18). The molecule has 0 radical (unpaired) electrons. The first-order valence-electron chi connectivity index (χ1n) is 7.10. The first-order chi connectivity index (χ1) is 9.80. The summed E-state index contributed by atoms with van der Waals surface area (Å²) in [5.74, 6) is 1.89. The molecule has 0 unspecified atom stereocenters. The third-order valence-electron chi connectivity index (χ3n) is 2.79. The summed E-state index contributed by atoms with van der Waals surface area (Å²) in [6.07, 6.45) is 3.98. The quantitative estimate of drug-likeness (QED) is 0.573. The highest BCUT2D eigenvalue weighted by Gasteiger charge is 2.12. The summed E-state index contributed by atoms with van der Waals surface area (Å²) in [5.41, 5.74) is 6.49. The van der Waals surface area contributed by atoms with Crippen LogP contribution in [-0.2, 0) is 6.54 Å². The SMILES string of the molecule is CCCNc1nc(SCCC)nc2c1cnn2CCN. The number of nitrogens with zero attached hydrogens (tertiary/aromatic N) is 4. The van der Waals surface area contributed by atoms with Gasteiger partial charge in [-0.05, 0) is 12.8 Å². The summed E-state index contributed by atoms with van der Waals surface area (Å²) in [7, 11) is 0. The zero-order valence-electron chi connectivity index (χ0n) is 12.1. The molecule has 20 heavy (non-hydrogen) atoms. The Bertz CT molecular complexity index is 553. The fraction of sp³-hybridized carbons (Fsp3) is 0.615. The average Bonchev–Trinajstić information content (AvgIpc) is 2.86. The highest BCUT2D eigenvalue weighted by atomic mass is 32.2. The molecule has 6 nitrogen and oxygen atoms in total. The van der Waals surface area contributed by atoms with Gasteiger partial charge in [-0.1, -0.05) is 25.6 Å². The molecule has 0 saturated carbocycles. The third kappa shape index (κ3) is 3.40. The summed E-state index contributed by atoms with van der Waals surface area (Å²) >= 11 is 1.68. The number of anilines is 1. The van der Waals surface area contributed by atoms with Gasteiger partial charge < -0.3 is 11.1 Å². The maximum absolute atomic E-state index is 5.62. The Morgan fingerprint density at radius 3 is 2.85 bits per heavy atom. The van der Waals surface area contributed by atoms with Crippen LogP contribution in [-0.4, -0.2) is 38.6 Å². The molecule has 0 aliphatic rings. The van der Waals surface area contributed by atoms with Crippen LogP contribution < -0.4 is 11.1 Å². The molecule has 2 heterocycles. The maximum Gasteiger partial charge on any atom is 0.191 e. The van der Waals surface area contributed by atoms with Gasteiger partial charge in [0.1, 0.15) is 5.82 Å². The van der Waals surface area contributed by atoms with Crippen LogP contribution in [0.5, 0.6) is 0 Å². The van der Waals surface area contributed by atoms with Gasteiger partial charge >= 0.3 is 0 Å². The van der Waals surface area contributed by atoms with E-state index >= 15 is 0 Å². The molecule has 0 fully saturated rings. The van der Waals surface area contributed by atoms with Crippen molar-refractivity contribution < 1.29 is 0 Å². The number of hydrogen-bond donors (Lipinski definition) is 2. The molecule has 0 aliphatic heterocycles. The van der Waals surface area contributed by atoms with Gasteiger partial charge in [0.25, 0.3) is 0 Å². The highest BCUT2D eigenvalue weighted by Crippen LogP contribution is 2.24. The van der Waals surface area contributed by atoms with E-state index in [1.165, 1.54) is 0 Å². The van der Waals surface area contributed by atoms with E-state index in [4.69, 9.17) is 5.73 Å². The van der Waals surface area contributed by atoms with Gasteiger partial charge in [0.2, 0.25) is 0 Å². The Morgan fingerprint density at radius 2 is 2.15 bits per heavy atom. The van der Waals surface area contributed by atoms with E-state index < -0.39 is 0 Å². The van der Waals surface area contributed by atoms with Crippen LogP contribution in [0.3, 0.4) is 0 Å². The van der Waals surface area contributed by atoms with Crippen LogP contribution in [0.1, 0.15) is 26.7 Å². The summed E-state index contributed by atoms with van der Waals surface area (Å²) in [4.78, 5) is 9.22. The Labute approximate surface area is 123 Å². The molecule has 2 aromatic rings. The van der Waals surface area contributed by atoms with E-state index in [1.54, 1.807) is 11.8 Å². The van der Waals surface area contributed by atoms with Gasteiger partial charge in [-0.15, -0.1) is 0 Å². The normalized spacial score (nSPS) is 11.2. The summed E-state index contributed by atoms with van der Waals surface area (Å²) < 4.78 is 1.85. The van der Waals surface area contributed by atoms with E-state index in [9.17, 15) is 0 Å². The van der Waals surface area contributed by atoms with Crippen molar-refractivity contribution in [1.82, 2.24) is 19.7 Å². The van der Waals surface area contributed by atoms with Crippen molar-refractivity contribution in [3.63, 3.8) is 0 Å². The van der Waals surface area contributed by atoms with Crippen LogP contribution in [0.15, 0.2) is 11.4 Å². The molecule has 0 spiro atoms. The molecule has 0 amide bonds. The fourth-order valence-electron chi connectivity index (χ4n) is 1.86. The lowest BCUT2D eigenvalue weighted by Gasteiger charge is -2.08. The Morgan fingerprint density at radius 1 is 1.30 bits per heavy atom. The van der Waals surface area contributed by atoms with Crippen LogP contribution >= 0.6 is 11.8 Å². The minimum Gasteiger partial charge on any atom is -0.369 e. The molecule has 2 rings (SSSR count). The summed E-state index contributed by atoms with van der Waals surface area (Å²) in [5, 5.41) is 9.49. The molecular weight excluding hydrogens is 272 g/mol. The topological polar surface area (TPSA) is 81.7 Å². The van der Waals surface area contributed by atoms with E-state index in [1.807, 2.05) is 10.9 Å². The first-order valence-corrected chi connectivity index (χ1v) is 8.09. The van der Waals surface area contributed by atoms with Gasteiger partial charge in [-0.3, -0.25) is 0 Å². The smallest absolute Gasteiger partial charge is 0.191 e. The number of hydrogen-bond acceptors (Lipinski definition) is 6. The molecule has 0 saturated heterocycles.